The van der Waals surface area contributed by atoms with Crippen LogP contribution in [0.5, 0.6) is 0 Å². The number of carbonyl (C=O) groups excluding carboxylic acids is 1. The van der Waals surface area contributed by atoms with Gasteiger partial charge in [-0.15, -0.1) is 0 Å². The standard InChI is InChI=1S/C16H20N4O/c1-10(2)14-9-20(15-7-5-4-6-12(15)17-14)16(21)13-8-11(3)18-19-13/h4-8,10,14,17H,9H2,1-3H3,(H,18,19). The second-order valence-electron chi connectivity index (χ2n) is 5.86. The van der Waals surface area contributed by atoms with Gasteiger partial charge in [0.1, 0.15) is 0 Å². The number of amides is 1. The molecule has 2 heterocycles. The molecule has 110 valence electrons. The van der Waals surface area contributed by atoms with Crippen LogP contribution in [0.2, 0.25) is 0 Å². The van der Waals surface area contributed by atoms with Crippen LogP contribution in [0.4, 0.5) is 11.4 Å². The summed E-state index contributed by atoms with van der Waals surface area (Å²) in [5.41, 5.74) is 3.27. The van der Waals surface area contributed by atoms with E-state index in [-0.39, 0.29) is 11.9 Å². The molecule has 0 bridgehead atoms. The van der Waals surface area contributed by atoms with Gasteiger partial charge in [0.15, 0.2) is 5.69 Å². The van der Waals surface area contributed by atoms with E-state index in [1.807, 2.05) is 36.1 Å². The number of nitrogens with one attached hydrogen (secondary N) is 2. The number of carbonyl (C=O) groups is 1. The van der Waals surface area contributed by atoms with Crippen molar-refractivity contribution in [1.82, 2.24) is 10.2 Å². The fourth-order valence-electron chi connectivity index (χ4n) is 2.61. The van der Waals surface area contributed by atoms with Crippen molar-refractivity contribution in [3.05, 3.63) is 41.7 Å². The number of aryl methyl sites for hydroxylation is 1. The Bertz CT molecular complexity index is 662. The second-order valence-corrected chi connectivity index (χ2v) is 5.86. The number of anilines is 2. The molecule has 0 radical (unpaired) electrons. The van der Waals surface area contributed by atoms with Crippen LogP contribution in [0.1, 0.15) is 30.0 Å². The maximum atomic E-state index is 12.8. The minimum Gasteiger partial charge on any atom is -0.379 e. The van der Waals surface area contributed by atoms with Gasteiger partial charge in [0.05, 0.1) is 11.4 Å². The number of aromatic amines is 1. The maximum absolute atomic E-state index is 12.8. The molecule has 0 saturated carbocycles. The van der Waals surface area contributed by atoms with Crippen LogP contribution >= 0.6 is 0 Å². The first-order valence-electron chi connectivity index (χ1n) is 7.25. The average Bonchev–Trinajstić information content (AvgIpc) is 2.92. The molecular formula is C16H20N4O. The predicted octanol–water partition coefficient (Wildman–Crippen LogP) is 2.82. The summed E-state index contributed by atoms with van der Waals surface area (Å²) in [6, 6.07) is 9.94. The Morgan fingerprint density at radius 3 is 2.81 bits per heavy atom. The highest BCUT2D eigenvalue weighted by Crippen LogP contribution is 2.33. The van der Waals surface area contributed by atoms with Gasteiger partial charge in [-0.05, 0) is 31.0 Å². The summed E-state index contributed by atoms with van der Waals surface area (Å²) < 4.78 is 0. The lowest BCUT2D eigenvalue weighted by Crippen LogP contribution is -2.47. The molecule has 1 aromatic heterocycles. The molecule has 5 nitrogen and oxygen atoms in total. The Kier molecular flexibility index (Phi) is 3.41. The van der Waals surface area contributed by atoms with E-state index in [2.05, 4.69) is 29.4 Å². The number of hydrogen-bond acceptors (Lipinski definition) is 3. The molecule has 1 amide bonds. The van der Waals surface area contributed by atoms with Crippen molar-refractivity contribution in [2.24, 2.45) is 5.92 Å². The van der Waals surface area contributed by atoms with Gasteiger partial charge < -0.3 is 10.2 Å². The largest absolute Gasteiger partial charge is 0.379 e. The summed E-state index contributed by atoms with van der Waals surface area (Å²) in [4.78, 5) is 14.6. The lowest BCUT2D eigenvalue weighted by molar-refractivity contribution is 0.0979. The predicted molar refractivity (Wildman–Crippen MR) is 83.7 cm³/mol. The molecule has 0 fully saturated rings. The molecule has 1 aromatic carbocycles. The van der Waals surface area contributed by atoms with E-state index in [0.29, 0.717) is 18.2 Å². The lowest BCUT2D eigenvalue weighted by atomic mass is 9.99. The summed E-state index contributed by atoms with van der Waals surface area (Å²) in [7, 11) is 0. The monoisotopic (exact) mass is 284 g/mol. The van der Waals surface area contributed by atoms with Gasteiger partial charge in [-0.25, -0.2) is 0 Å². The Hall–Kier alpha value is -2.30. The van der Waals surface area contributed by atoms with E-state index in [1.165, 1.54) is 0 Å². The van der Waals surface area contributed by atoms with Crippen molar-refractivity contribution >= 4 is 17.3 Å². The van der Waals surface area contributed by atoms with Crippen LogP contribution in [0.15, 0.2) is 30.3 Å². The van der Waals surface area contributed by atoms with E-state index in [1.54, 1.807) is 6.07 Å². The minimum absolute atomic E-state index is 0.0565. The van der Waals surface area contributed by atoms with Crippen LogP contribution in [-0.4, -0.2) is 28.7 Å². The van der Waals surface area contributed by atoms with Gasteiger partial charge in [-0.3, -0.25) is 9.89 Å². The molecule has 2 N–H and O–H groups in total. The third-order valence-corrected chi connectivity index (χ3v) is 3.89. The maximum Gasteiger partial charge on any atom is 0.278 e. The second kappa shape index (κ2) is 5.24. The first-order valence-corrected chi connectivity index (χ1v) is 7.25. The zero-order valence-corrected chi connectivity index (χ0v) is 12.6. The fourth-order valence-corrected chi connectivity index (χ4v) is 2.61. The molecule has 1 atom stereocenters. The fraction of sp³-hybridized carbons (Fsp3) is 0.375. The molecule has 21 heavy (non-hydrogen) atoms. The number of H-pyrrole nitrogens is 1. The topological polar surface area (TPSA) is 61.0 Å². The molecule has 0 saturated heterocycles. The third-order valence-electron chi connectivity index (χ3n) is 3.89. The van der Waals surface area contributed by atoms with Gasteiger partial charge in [0.25, 0.3) is 5.91 Å². The summed E-state index contributed by atoms with van der Waals surface area (Å²) >= 11 is 0. The highest BCUT2D eigenvalue weighted by molar-refractivity contribution is 6.07. The Morgan fingerprint density at radius 1 is 1.38 bits per heavy atom. The molecule has 0 spiro atoms. The third kappa shape index (κ3) is 2.51. The van der Waals surface area contributed by atoms with Gasteiger partial charge in [0.2, 0.25) is 0 Å². The first kappa shape index (κ1) is 13.7. The van der Waals surface area contributed by atoms with Crippen molar-refractivity contribution in [3.63, 3.8) is 0 Å². The van der Waals surface area contributed by atoms with Crippen molar-refractivity contribution in [1.29, 1.82) is 0 Å². The van der Waals surface area contributed by atoms with Crippen molar-refractivity contribution in [2.75, 3.05) is 16.8 Å². The highest BCUT2D eigenvalue weighted by atomic mass is 16.2. The smallest absolute Gasteiger partial charge is 0.278 e. The van der Waals surface area contributed by atoms with E-state index >= 15 is 0 Å². The number of benzene rings is 1. The van der Waals surface area contributed by atoms with E-state index < -0.39 is 0 Å². The number of hydrogen-bond donors (Lipinski definition) is 2. The van der Waals surface area contributed by atoms with Crippen molar-refractivity contribution < 1.29 is 4.79 Å². The number of nitrogens with zero attached hydrogens (tertiary/aromatic N) is 2. The van der Waals surface area contributed by atoms with Crippen LogP contribution in [-0.2, 0) is 0 Å². The van der Waals surface area contributed by atoms with E-state index in [0.717, 1.165) is 17.1 Å². The molecular weight excluding hydrogens is 264 g/mol. The highest BCUT2D eigenvalue weighted by Gasteiger charge is 2.30. The average molecular weight is 284 g/mol. The zero-order chi connectivity index (χ0) is 15.0. The normalized spacial score (nSPS) is 17.5. The SMILES string of the molecule is Cc1cc(C(=O)N2CC(C(C)C)Nc3ccccc32)n[nH]1. The van der Waals surface area contributed by atoms with Gasteiger partial charge in [0, 0.05) is 18.3 Å². The minimum atomic E-state index is -0.0565. The molecule has 0 aliphatic carbocycles. The van der Waals surface area contributed by atoms with Gasteiger partial charge in [-0.2, -0.15) is 5.10 Å². The van der Waals surface area contributed by atoms with E-state index in [9.17, 15) is 4.79 Å². The number of para-hydroxylation sites is 2. The molecule has 5 heteroatoms. The van der Waals surface area contributed by atoms with Crippen LogP contribution in [0, 0.1) is 12.8 Å². The summed E-state index contributed by atoms with van der Waals surface area (Å²) in [5.74, 6) is 0.383. The summed E-state index contributed by atoms with van der Waals surface area (Å²) in [6.45, 7) is 6.87. The number of aromatic nitrogens is 2. The molecule has 1 unspecified atom stereocenters. The molecule has 3 rings (SSSR count). The Balaban J connectivity index is 1.98. The lowest BCUT2D eigenvalue weighted by Gasteiger charge is -2.37. The first-order chi connectivity index (χ1) is 10.1. The number of fused-ring (bicyclic) bond motifs is 1. The van der Waals surface area contributed by atoms with Crippen LogP contribution < -0.4 is 10.2 Å². The Morgan fingerprint density at radius 2 is 2.14 bits per heavy atom. The van der Waals surface area contributed by atoms with Crippen molar-refractivity contribution in [2.45, 2.75) is 26.8 Å². The van der Waals surface area contributed by atoms with E-state index in [4.69, 9.17) is 0 Å². The quantitative estimate of drug-likeness (QED) is 0.891. The molecule has 1 aliphatic rings. The summed E-state index contributed by atoms with van der Waals surface area (Å²) in [5, 5.41) is 10.4. The van der Waals surface area contributed by atoms with Gasteiger partial charge >= 0.3 is 0 Å². The van der Waals surface area contributed by atoms with Gasteiger partial charge in [-0.1, -0.05) is 26.0 Å². The van der Waals surface area contributed by atoms with Crippen LogP contribution in [0.25, 0.3) is 0 Å². The zero-order valence-electron chi connectivity index (χ0n) is 12.6. The number of rotatable bonds is 2. The summed E-state index contributed by atoms with van der Waals surface area (Å²) in [6.07, 6.45) is 0. The van der Waals surface area contributed by atoms with Crippen LogP contribution in [0.3, 0.4) is 0 Å². The molecule has 1 aliphatic heterocycles. The Labute approximate surface area is 124 Å². The van der Waals surface area contributed by atoms with Crippen molar-refractivity contribution in [3.8, 4) is 0 Å². The molecule has 2 aromatic rings.